The van der Waals surface area contributed by atoms with E-state index >= 15 is 0 Å². The maximum absolute atomic E-state index is 14.4. The van der Waals surface area contributed by atoms with Gasteiger partial charge in [-0.15, -0.1) is 0 Å². The number of allylic oxidation sites excluding steroid dienone is 1. The molecule has 45 heavy (non-hydrogen) atoms. The van der Waals surface area contributed by atoms with Crippen LogP contribution in [-0.4, -0.2) is 28.8 Å². The second-order valence-electron chi connectivity index (χ2n) is 10.7. The van der Waals surface area contributed by atoms with Crippen molar-refractivity contribution in [3.63, 3.8) is 0 Å². The first-order valence-electron chi connectivity index (χ1n) is 14.7. The number of methoxy groups -OCH3 is 1. The summed E-state index contributed by atoms with van der Waals surface area (Å²) in [6.07, 6.45) is 5.24. The Balaban J connectivity index is 1.57. The second-order valence-corrected chi connectivity index (χ2v) is 12.5. The fraction of sp³-hybridized carbons (Fsp3) is 0.229. The molecular weight excluding hydrogens is 629 g/mol. The number of carbonyl (C=O) groups excluding carboxylic acids is 1. The van der Waals surface area contributed by atoms with Gasteiger partial charge in [-0.05, 0) is 61.4 Å². The van der Waals surface area contributed by atoms with E-state index in [4.69, 9.17) is 37.7 Å². The molecule has 3 aromatic carbocycles. The maximum Gasteiger partial charge on any atom is 0.338 e. The topological polar surface area (TPSA) is 74.8 Å². The molecule has 0 fully saturated rings. The Morgan fingerprint density at radius 1 is 1.04 bits per heavy atom. The number of halogens is 2. The van der Waals surface area contributed by atoms with Crippen molar-refractivity contribution in [2.75, 3.05) is 13.7 Å². The number of rotatable bonds is 9. The van der Waals surface area contributed by atoms with Crippen molar-refractivity contribution in [1.82, 2.24) is 9.13 Å². The summed E-state index contributed by atoms with van der Waals surface area (Å²) in [5.74, 6) is -0.0160. The Morgan fingerprint density at radius 2 is 1.84 bits per heavy atom. The SMILES string of the molecule is CCCC1=C(C(=O)OCC)[C@H](c2cc(Cl)ccc2OC)n2c(s/c(=C/c3cn(Cc4cccc(Cl)c4)c4ccccc34)c2=O)=N1. The Labute approximate surface area is 274 Å². The van der Waals surface area contributed by atoms with E-state index in [1.54, 1.807) is 36.8 Å². The summed E-state index contributed by atoms with van der Waals surface area (Å²) in [4.78, 5) is 33.3. The molecular formula is C35H31Cl2N3O4S. The lowest BCUT2D eigenvalue weighted by molar-refractivity contribution is -0.139. The average Bonchev–Trinajstić information content (AvgIpc) is 3.53. The number of aromatic nitrogens is 2. The molecule has 0 radical (unpaired) electrons. The third-order valence-electron chi connectivity index (χ3n) is 7.73. The summed E-state index contributed by atoms with van der Waals surface area (Å²) >= 11 is 14.0. The van der Waals surface area contributed by atoms with Crippen LogP contribution in [0.1, 0.15) is 49.4 Å². The standard InChI is InChI=1S/C35H31Cl2N3O4S/c1-4-9-27-31(34(42)44-5-2)32(26-18-24(37)14-15-29(26)43-3)40-33(41)30(45-35(40)38-27)17-22-20-39(28-13-7-6-12-25(22)28)19-21-10-8-11-23(36)16-21/h6-8,10-18,20,32H,4-5,9,19H2,1-3H3/b30-17+/t32-/m0/s1. The van der Waals surface area contributed by atoms with Gasteiger partial charge < -0.3 is 14.0 Å². The molecule has 10 heteroatoms. The lowest BCUT2D eigenvalue weighted by Crippen LogP contribution is -2.40. The number of nitrogens with zero attached hydrogens (tertiary/aromatic N) is 3. The molecule has 6 rings (SSSR count). The molecule has 0 saturated heterocycles. The number of benzene rings is 3. The van der Waals surface area contributed by atoms with E-state index in [2.05, 4.69) is 10.6 Å². The molecule has 0 spiro atoms. The highest BCUT2D eigenvalue weighted by molar-refractivity contribution is 7.07. The van der Waals surface area contributed by atoms with Crippen LogP contribution in [0.25, 0.3) is 17.0 Å². The molecule has 0 saturated carbocycles. The highest BCUT2D eigenvalue weighted by Crippen LogP contribution is 2.38. The molecule has 0 N–H and O–H groups in total. The van der Waals surface area contributed by atoms with E-state index in [-0.39, 0.29) is 12.2 Å². The molecule has 0 aliphatic carbocycles. The van der Waals surface area contributed by atoms with Crippen molar-refractivity contribution in [2.24, 2.45) is 4.99 Å². The van der Waals surface area contributed by atoms with E-state index < -0.39 is 12.0 Å². The number of hydrogen-bond donors (Lipinski definition) is 0. The zero-order valence-corrected chi connectivity index (χ0v) is 27.4. The molecule has 1 atom stereocenters. The number of carbonyl (C=O) groups is 1. The predicted molar refractivity (Wildman–Crippen MR) is 180 cm³/mol. The van der Waals surface area contributed by atoms with Gasteiger partial charge in [0.25, 0.3) is 5.56 Å². The number of ether oxygens (including phenoxy) is 2. The molecule has 2 aromatic heterocycles. The fourth-order valence-corrected chi connectivity index (χ4v) is 7.23. The van der Waals surface area contributed by atoms with Crippen LogP contribution in [0.3, 0.4) is 0 Å². The number of thiazole rings is 1. The molecule has 230 valence electrons. The van der Waals surface area contributed by atoms with Gasteiger partial charge in [0, 0.05) is 44.8 Å². The van der Waals surface area contributed by atoms with Crippen molar-refractivity contribution in [2.45, 2.75) is 39.3 Å². The second kappa shape index (κ2) is 13.1. The molecule has 3 heterocycles. The monoisotopic (exact) mass is 659 g/mol. The van der Waals surface area contributed by atoms with Crippen LogP contribution in [-0.2, 0) is 16.1 Å². The van der Waals surface area contributed by atoms with Crippen molar-refractivity contribution < 1.29 is 14.3 Å². The van der Waals surface area contributed by atoms with E-state index in [0.29, 0.717) is 54.9 Å². The summed E-state index contributed by atoms with van der Waals surface area (Å²) in [5.41, 5.74) is 4.23. The predicted octanol–water partition coefficient (Wildman–Crippen LogP) is 6.90. The minimum Gasteiger partial charge on any atom is -0.496 e. The van der Waals surface area contributed by atoms with E-state index in [1.165, 1.54) is 11.3 Å². The third kappa shape index (κ3) is 5.98. The maximum atomic E-state index is 14.4. The Bertz CT molecular complexity index is 2140. The highest BCUT2D eigenvalue weighted by atomic mass is 35.5. The van der Waals surface area contributed by atoms with Gasteiger partial charge in [-0.25, -0.2) is 9.79 Å². The van der Waals surface area contributed by atoms with E-state index in [0.717, 1.165) is 28.5 Å². The highest BCUT2D eigenvalue weighted by Gasteiger charge is 2.36. The van der Waals surface area contributed by atoms with Crippen molar-refractivity contribution in [3.05, 3.63) is 131 Å². The normalized spacial score (nSPS) is 14.9. The lowest BCUT2D eigenvalue weighted by atomic mass is 9.93. The summed E-state index contributed by atoms with van der Waals surface area (Å²) < 4.78 is 15.4. The summed E-state index contributed by atoms with van der Waals surface area (Å²) in [5, 5.41) is 2.15. The third-order valence-corrected chi connectivity index (χ3v) is 9.18. The van der Waals surface area contributed by atoms with Gasteiger partial charge in [-0.2, -0.15) is 0 Å². The fourth-order valence-electron chi connectivity index (χ4n) is 5.83. The number of fused-ring (bicyclic) bond motifs is 2. The summed E-state index contributed by atoms with van der Waals surface area (Å²) in [6.45, 7) is 4.58. The van der Waals surface area contributed by atoms with Crippen molar-refractivity contribution in [3.8, 4) is 5.75 Å². The molecule has 1 aliphatic rings. The van der Waals surface area contributed by atoms with Gasteiger partial charge in [-0.3, -0.25) is 9.36 Å². The minimum atomic E-state index is -0.832. The summed E-state index contributed by atoms with van der Waals surface area (Å²) in [6, 6.07) is 20.2. The van der Waals surface area contributed by atoms with Gasteiger partial charge in [-0.1, -0.05) is 78.2 Å². The Kier molecular flexibility index (Phi) is 8.99. The molecule has 5 aromatic rings. The number of esters is 1. The Hall–Kier alpha value is -4.11. The minimum absolute atomic E-state index is 0.185. The van der Waals surface area contributed by atoms with Crippen LogP contribution in [0.15, 0.2) is 94.0 Å². The van der Waals surface area contributed by atoms with Crippen LogP contribution in [0.5, 0.6) is 5.75 Å². The van der Waals surface area contributed by atoms with Crippen molar-refractivity contribution >= 4 is 57.5 Å². The quantitative estimate of drug-likeness (QED) is 0.161. The lowest BCUT2D eigenvalue weighted by Gasteiger charge is -2.27. The molecule has 7 nitrogen and oxygen atoms in total. The van der Waals surface area contributed by atoms with Crippen LogP contribution < -0.4 is 19.6 Å². The first kappa shape index (κ1) is 30.9. The molecule has 0 amide bonds. The van der Waals surface area contributed by atoms with Crippen LogP contribution in [0.2, 0.25) is 10.0 Å². The smallest absolute Gasteiger partial charge is 0.338 e. The number of hydrogen-bond acceptors (Lipinski definition) is 6. The van der Waals surface area contributed by atoms with Crippen LogP contribution >= 0.6 is 34.5 Å². The summed E-state index contributed by atoms with van der Waals surface area (Å²) in [7, 11) is 1.55. The van der Waals surface area contributed by atoms with Gasteiger partial charge in [0.15, 0.2) is 4.80 Å². The zero-order chi connectivity index (χ0) is 31.7. The molecule has 0 unspecified atom stereocenters. The number of para-hydroxylation sites is 1. The first-order valence-corrected chi connectivity index (χ1v) is 16.3. The Morgan fingerprint density at radius 3 is 2.60 bits per heavy atom. The molecule has 1 aliphatic heterocycles. The van der Waals surface area contributed by atoms with Crippen molar-refractivity contribution in [1.29, 1.82) is 0 Å². The van der Waals surface area contributed by atoms with Gasteiger partial charge in [0.1, 0.15) is 11.8 Å². The first-order chi connectivity index (χ1) is 21.8. The zero-order valence-electron chi connectivity index (χ0n) is 25.1. The van der Waals surface area contributed by atoms with E-state index in [9.17, 15) is 9.59 Å². The van der Waals surface area contributed by atoms with E-state index in [1.807, 2.05) is 61.7 Å². The van der Waals surface area contributed by atoms with Crippen LogP contribution in [0.4, 0.5) is 0 Å². The largest absolute Gasteiger partial charge is 0.496 e. The van der Waals surface area contributed by atoms with Gasteiger partial charge >= 0.3 is 5.97 Å². The van der Waals surface area contributed by atoms with Gasteiger partial charge in [0.2, 0.25) is 0 Å². The van der Waals surface area contributed by atoms with Crippen LogP contribution in [0, 0.1) is 0 Å². The average molecular weight is 661 g/mol. The molecule has 0 bridgehead atoms. The van der Waals surface area contributed by atoms with Gasteiger partial charge in [0.05, 0.1) is 29.5 Å².